The Morgan fingerprint density at radius 3 is 3.00 bits per heavy atom. The van der Waals surface area contributed by atoms with Crippen molar-refractivity contribution in [1.29, 1.82) is 0 Å². The minimum Gasteiger partial charge on any atom is -0.486 e. The first kappa shape index (κ1) is 16.4. The number of benzene rings is 1. The van der Waals surface area contributed by atoms with Gasteiger partial charge in [-0.1, -0.05) is 13.0 Å². The number of aliphatic hydroxyl groups is 1. The summed E-state index contributed by atoms with van der Waals surface area (Å²) in [4.78, 5) is 4.54. The molecule has 2 atom stereocenters. The molecule has 0 radical (unpaired) electrons. The van der Waals surface area contributed by atoms with E-state index in [1.165, 1.54) is 0 Å². The topological polar surface area (TPSA) is 81.4 Å². The largest absolute Gasteiger partial charge is 0.486 e. The standard InChI is InChI=1S/C18H24N4O3/c1-2-17-20-18-6-4-13(11-22(18)21-17)19-10-14(23)12-3-5-15-16(9-12)25-8-7-24-15/h3,5,9,13-14,19,23H,2,4,6-8,10-11H2,1H3/t13-,14-/m1/s1. The van der Waals surface area contributed by atoms with Gasteiger partial charge in [-0.15, -0.1) is 0 Å². The van der Waals surface area contributed by atoms with Crippen LogP contribution < -0.4 is 14.8 Å². The lowest BCUT2D eigenvalue weighted by molar-refractivity contribution is 0.158. The Balaban J connectivity index is 1.35. The molecule has 0 fully saturated rings. The highest BCUT2D eigenvalue weighted by molar-refractivity contribution is 5.44. The van der Waals surface area contributed by atoms with Gasteiger partial charge in [0.15, 0.2) is 17.3 Å². The van der Waals surface area contributed by atoms with Crippen molar-refractivity contribution >= 4 is 0 Å². The Bertz CT molecular complexity index is 746. The molecular weight excluding hydrogens is 320 g/mol. The smallest absolute Gasteiger partial charge is 0.161 e. The van der Waals surface area contributed by atoms with Crippen molar-refractivity contribution in [3.63, 3.8) is 0 Å². The van der Waals surface area contributed by atoms with Crippen molar-refractivity contribution in [1.82, 2.24) is 20.1 Å². The summed E-state index contributed by atoms with van der Waals surface area (Å²) in [7, 11) is 0. The van der Waals surface area contributed by atoms with Crippen LogP contribution in [-0.2, 0) is 19.4 Å². The van der Waals surface area contributed by atoms with Gasteiger partial charge in [-0.2, -0.15) is 5.10 Å². The highest BCUT2D eigenvalue weighted by Gasteiger charge is 2.22. The van der Waals surface area contributed by atoms with Crippen LogP contribution in [0, 0.1) is 0 Å². The summed E-state index contributed by atoms with van der Waals surface area (Å²) >= 11 is 0. The maximum atomic E-state index is 10.5. The second-order valence-electron chi connectivity index (χ2n) is 6.54. The molecule has 1 aromatic carbocycles. The lowest BCUT2D eigenvalue weighted by Crippen LogP contribution is -2.39. The number of hydrogen-bond acceptors (Lipinski definition) is 6. The van der Waals surface area contributed by atoms with Gasteiger partial charge in [0.1, 0.15) is 19.0 Å². The van der Waals surface area contributed by atoms with E-state index in [2.05, 4.69) is 22.3 Å². The quantitative estimate of drug-likeness (QED) is 0.850. The van der Waals surface area contributed by atoms with Gasteiger partial charge in [-0.3, -0.25) is 0 Å². The SMILES string of the molecule is CCc1nc2n(n1)C[C@H](NC[C@@H](O)c1ccc3c(c1)OCCO3)CC2. The molecule has 4 rings (SSSR count). The van der Waals surface area contributed by atoms with Crippen LogP contribution in [0.25, 0.3) is 0 Å². The third-order valence-electron chi connectivity index (χ3n) is 4.77. The fourth-order valence-corrected chi connectivity index (χ4v) is 3.34. The van der Waals surface area contributed by atoms with Gasteiger partial charge in [0.2, 0.25) is 0 Å². The highest BCUT2D eigenvalue weighted by atomic mass is 16.6. The summed E-state index contributed by atoms with van der Waals surface area (Å²) in [6.07, 6.45) is 2.21. The molecular formula is C18H24N4O3. The molecule has 134 valence electrons. The summed E-state index contributed by atoms with van der Waals surface area (Å²) in [5.74, 6) is 3.43. The molecule has 1 aromatic heterocycles. The Hall–Kier alpha value is -2.12. The van der Waals surface area contributed by atoms with Crippen LogP contribution in [0.4, 0.5) is 0 Å². The molecule has 7 nitrogen and oxygen atoms in total. The van der Waals surface area contributed by atoms with Gasteiger partial charge < -0.3 is 19.9 Å². The third-order valence-corrected chi connectivity index (χ3v) is 4.77. The van der Waals surface area contributed by atoms with Crippen molar-refractivity contribution in [2.45, 2.75) is 44.9 Å². The van der Waals surface area contributed by atoms with Crippen molar-refractivity contribution in [3.05, 3.63) is 35.4 Å². The zero-order valence-corrected chi connectivity index (χ0v) is 14.4. The van der Waals surface area contributed by atoms with Crippen molar-refractivity contribution < 1.29 is 14.6 Å². The number of aromatic nitrogens is 3. The predicted octanol–water partition coefficient (Wildman–Crippen LogP) is 1.25. The van der Waals surface area contributed by atoms with E-state index < -0.39 is 6.10 Å². The Morgan fingerprint density at radius 1 is 1.32 bits per heavy atom. The van der Waals surface area contributed by atoms with Crippen LogP contribution in [0.5, 0.6) is 11.5 Å². The molecule has 0 aliphatic carbocycles. The number of rotatable bonds is 5. The summed E-state index contributed by atoms with van der Waals surface area (Å²) in [6, 6.07) is 5.92. The van der Waals surface area contributed by atoms with Crippen LogP contribution in [0.3, 0.4) is 0 Å². The van der Waals surface area contributed by atoms with E-state index in [4.69, 9.17) is 9.47 Å². The van der Waals surface area contributed by atoms with Crippen LogP contribution in [0.2, 0.25) is 0 Å². The molecule has 0 saturated carbocycles. The number of nitrogens with one attached hydrogen (secondary N) is 1. The minimum atomic E-state index is -0.584. The number of nitrogens with zero attached hydrogens (tertiary/aromatic N) is 3. The van der Waals surface area contributed by atoms with E-state index in [1.54, 1.807) is 0 Å². The summed E-state index contributed by atoms with van der Waals surface area (Å²) < 4.78 is 13.1. The zero-order valence-electron chi connectivity index (χ0n) is 14.4. The lowest BCUT2D eigenvalue weighted by Gasteiger charge is -2.25. The minimum absolute atomic E-state index is 0.297. The van der Waals surface area contributed by atoms with Gasteiger partial charge >= 0.3 is 0 Å². The molecule has 2 aliphatic rings. The van der Waals surface area contributed by atoms with Crippen LogP contribution in [-0.4, -0.2) is 45.7 Å². The van der Waals surface area contributed by atoms with Gasteiger partial charge in [-0.25, -0.2) is 9.67 Å². The average Bonchev–Trinajstić information content (AvgIpc) is 3.08. The zero-order chi connectivity index (χ0) is 17.2. The molecule has 2 N–H and O–H groups in total. The van der Waals surface area contributed by atoms with E-state index in [9.17, 15) is 5.11 Å². The summed E-state index contributed by atoms with van der Waals surface area (Å²) in [5, 5.41) is 18.5. The molecule has 7 heteroatoms. The monoisotopic (exact) mass is 344 g/mol. The first-order chi connectivity index (χ1) is 12.2. The summed E-state index contributed by atoms with van der Waals surface area (Å²) in [6.45, 7) is 4.49. The maximum Gasteiger partial charge on any atom is 0.161 e. The highest BCUT2D eigenvalue weighted by Crippen LogP contribution is 2.32. The Kier molecular flexibility index (Phi) is 4.59. The van der Waals surface area contributed by atoms with Gasteiger partial charge in [0.05, 0.1) is 12.6 Å². The van der Waals surface area contributed by atoms with Gasteiger partial charge in [-0.05, 0) is 24.1 Å². The Morgan fingerprint density at radius 2 is 2.16 bits per heavy atom. The molecule has 2 aliphatic heterocycles. The normalized spacial score (nSPS) is 20.2. The van der Waals surface area contributed by atoms with Gasteiger partial charge in [0.25, 0.3) is 0 Å². The predicted molar refractivity (Wildman–Crippen MR) is 91.9 cm³/mol. The fourth-order valence-electron chi connectivity index (χ4n) is 3.34. The number of ether oxygens (including phenoxy) is 2. The third kappa shape index (κ3) is 3.48. The Labute approximate surface area is 147 Å². The number of aryl methyl sites for hydroxylation is 2. The van der Waals surface area contributed by atoms with E-state index in [0.29, 0.717) is 31.5 Å². The summed E-state index contributed by atoms with van der Waals surface area (Å²) in [5.41, 5.74) is 0.835. The van der Waals surface area contributed by atoms with E-state index >= 15 is 0 Å². The molecule has 2 aromatic rings. The maximum absolute atomic E-state index is 10.5. The van der Waals surface area contributed by atoms with E-state index in [1.807, 2.05) is 22.9 Å². The number of fused-ring (bicyclic) bond motifs is 2. The second-order valence-corrected chi connectivity index (χ2v) is 6.54. The molecule has 0 bridgehead atoms. The first-order valence-electron chi connectivity index (χ1n) is 8.96. The van der Waals surface area contributed by atoms with Crippen LogP contribution >= 0.6 is 0 Å². The van der Waals surface area contributed by atoms with E-state index in [0.717, 1.165) is 48.8 Å². The molecule has 0 unspecified atom stereocenters. The van der Waals surface area contributed by atoms with Crippen molar-refractivity contribution in [3.8, 4) is 11.5 Å². The fraction of sp³-hybridized carbons (Fsp3) is 0.556. The molecule has 3 heterocycles. The van der Waals surface area contributed by atoms with Crippen molar-refractivity contribution in [2.75, 3.05) is 19.8 Å². The van der Waals surface area contributed by atoms with Crippen LogP contribution in [0.1, 0.15) is 36.7 Å². The van der Waals surface area contributed by atoms with Crippen LogP contribution in [0.15, 0.2) is 18.2 Å². The van der Waals surface area contributed by atoms with Crippen molar-refractivity contribution in [2.24, 2.45) is 0 Å². The van der Waals surface area contributed by atoms with Gasteiger partial charge in [0, 0.05) is 25.4 Å². The molecule has 0 spiro atoms. The van der Waals surface area contributed by atoms with E-state index in [-0.39, 0.29) is 0 Å². The molecule has 0 amide bonds. The average molecular weight is 344 g/mol. The first-order valence-corrected chi connectivity index (χ1v) is 8.96. The lowest BCUT2D eigenvalue weighted by atomic mass is 10.1. The second kappa shape index (κ2) is 7.01. The number of aliphatic hydroxyl groups excluding tert-OH is 1. The molecule has 0 saturated heterocycles. The number of hydrogen-bond donors (Lipinski definition) is 2. The molecule has 25 heavy (non-hydrogen) atoms.